The molecule has 196 valence electrons. The SMILES string of the molecule is COc1ccc(N2CCN(C(=O)Cc3sc(C)nc3C)[C@@H](Cc3ccccc3)C2)cc1OC1CCCC1. The highest BCUT2D eigenvalue weighted by atomic mass is 32.1. The Balaban J connectivity index is 1.36. The van der Waals surface area contributed by atoms with Gasteiger partial charge < -0.3 is 19.3 Å². The zero-order valence-corrected chi connectivity index (χ0v) is 22.9. The van der Waals surface area contributed by atoms with Crippen LogP contribution in [0.25, 0.3) is 0 Å². The van der Waals surface area contributed by atoms with Gasteiger partial charge in [0.05, 0.1) is 36.4 Å². The summed E-state index contributed by atoms with van der Waals surface area (Å²) in [6.45, 7) is 6.25. The largest absolute Gasteiger partial charge is 0.493 e. The Morgan fingerprint density at radius 3 is 2.54 bits per heavy atom. The number of methoxy groups -OCH3 is 1. The first-order chi connectivity index (χ1) is 18.0. The van der Waals surface area contributed by atoms with Crippen molar-refractivity contribution in [3.8, 4) is 11.5 Å². The summed E-state index contributed by atoms with van der Waals surface area (Å²) in [5, 5.41) is 1.01. The summed E-state index contributed by atoms with van der Waals surface area (Å²) < 4.78 is 12.0. The predicted octanol–water partition coefficient (Wildman–Crippen LogP) is 5.59. The maximum Gasteiger partial charge on any atom is 0.228 e. The number of anilines is 1. The zero-order valence-electron chi connectivity index (χ0n) is 22.1. The van der Waals surface area contributed by atoms with E-state index in [9.17, 15) is 4.79 Å². The van der Waals surface area contributed by atoms with Crippen LogP contribution < -0.4 is 14.4 Å². The molecule has 0 N–H and O–H groups in total. The Hall–Kier alpha value is -3.06. The van der Waals surface area contributed by atoms with Gasteiger partial charge in [0.15, 0.2) is 11.5 Å². The highest BCUT2D eigenvalue weighted by molar-refractivity contribution is 7.11. The minimum absolute atomic E-state index is 0.0827. The third kappa shape index (κ3) is 6.09. The zero-order chi connectivity index (χ0) is 25.8. The lowest BCUT2D eigenvalue weighted by molar-refractivity contribution is -0.133. The number of aryl methyl sites for hydroxylation is 2. The van der Waals surface area contributed by atoms with Gasteiger partial charge in [-0.1, -0.05) is 30.3 Å². The van der Waals surface area contributed by atoms with E-state index in [1.54, 1.807) is 18.4 Å². The molecule has 2 fully saturated rings. The summed E-state index contributed by atoms with van der Waals surface area (Å²) in [6.07, 6.45) is 6.17. The van der Waals surface area contributed by atoms with Crippen LogP contribution in [0.5, 0.6) is 11.5 Å². The molecular weight excluding hydrogens is 482 g/mol. The van der Waals surface area contributed by atoms with E-state index < -0.39 is 0 Å². The average Bonchev–Trinajstić information content (AvgIpc) is 3.53. The van der Waals surface area contributed by atoms with Gasteiger partial charge in [-0.3, -0.25) is 4.79 Å². The lowest BCUT2D eigenvalue weighted by Crippen LogP contribution is -2.56. The predicted molar refractivity (Wildman–Crippen MR) is 149 cm³/mol. The average molecular weight is 520 g/mol. The number of thiazole rings is 1. The number of rotatable bonds is 8. The van der Waals surface area contributed by atoms with Crippen LogP contribution in [-0.2, 0) is 17.6 Å². The van der Waals surface area contributed by atoms with Crippen molar-refractivity contribution in [3.05, 3.63) is 69.7 Å². The van der Waals surface area contributed by atoms with Crippen molar-refractivity contribution < 1.29 is 14.3 Å². The minimum Gasteiger partial charge on any atom is -0.493 e. The highest BCUT2D eigenvalue weighted by Gasteiger charge is 2.32. The quantitative estimate of drug-likeness (QED) is 0.388. The van der Waals surface area contributed by atoms with Gasteiger partial charge >= 0.3 is 0 Å². The van der Waals surface area contributed by atoms with Crippen molar-refractivity contribution in [2.24, 2.45) is 0 Å². The first kappa shape index (κ1) is 25.6. The van der Waals surface area contributed by atoms with Crippen molar-refractivity contribution >= 4 is 22.9 Å². The molecule has 0 bridgehead atoms. The molecule has 1 saturated heterocycles. The summed E-state index contributed by atoms with van der Waals surface area (Å²) >= 11 is 1.63. The summed E-state index contributed by atoms with van der Waals surface area (Å²) in [5.74, 6) is 1.79. The second-order valence-corrected chi connectivity index (χ2v) is 11.4. The van der Waals surface area contributed by atoms with Gasteiger partial charge in [0, 0.05) is 36.3 Å². The summed E-state index contributed by atoms with van der Waals surface area (Å²) in [4.78, 5) is 23.6. The van der Waals surface area contributed by atoms with Gasteiger partial charge in [-0.05, 0) is 63.6 Å². The van der Waals surface area contributed by atoms with E-state index in [0.29, 0.717) is 13.0 Å². The smallest absolute Gasteiger partial charge is 0.228 e. The molecule has 1 atom stereocenters. The van der Waals surface area contributed by atoms with Gasteiger partial charge in [-0.15, -0.1) is 11.3 Å². The molecule has 0 spiro atoms. The summed E-state index contributed by atoms with van der Waals surface area (Å²) in [5.41, 5.74) is 3.34. The molecule has 0 unspecified atom stereocenters. The van der Waals surface area contributed by atoms with E-state index in [1.165, 1.54) is 18.4 Å². The van der Waals surface area contributed by atoms with E-state index in [4.69, 9.17) is 9.47 Å². The number of carbonyl (C=O) groups is 1. The molecule has 1 aromatic heterocycles. The van der Waals surface area contributed by atoms with Crippen LogP contribution in [-0.4, -0.2) is 54.7 Å². The topological polar surface area (TPSA) is 54.9 Å². The normalized spacial score (nSPS) is 18.3. The minimum atomic E-state index is 0.0827. The maximum absolute atomic E-state index is 13.6. The Kier molecular flexibility index (Phi) is 7.99. The van der Waals surface area contributed by atoms with Crippen molar-refractivity contribution in [2.45, 2.75) is 64.5 Å². The molecule has 2 aliphatic rings. The molecule has 3 aromatic rings. The van der Waals surface area contributed by atoms with Gasteiger partial charge in [-0.25, -0.2) is 4.98 Å². The lowest BCUT2D eigenvalue weighted by Gasteiger charge is -2.43. The molecule has 2 aromatic carbocycles. The fourth-order valence-corrected chi connectivity index (χ4v) is 6.52. The number of aromatic nitrogens is 1. The molecule has 37 heavy (non-hydrogen) atoms. The van der Waals surface area contributed by atoms with Crippen LogP contribution in [0.15, 0.2) is 48.5 Å². The number of carbonyl (C=O) groups excluding carboxylic acids is 1. The van der Waals surface area contributed by atoms with Gasteiger partial charge in [-0.2, -0.15) is 0 Å². The fraction of sp³-hybridized carbons (Fsp3) is 0.467. The number of nitrogens with zero attached hydrogens (tertiary/aromatic N) is 3. The second kappa shape index (κ2) is 11.5. The number of hydrogen-bond donors (Lipinski definition) is 0. The van der Waals surface area contributed by atoms with Crippen LogP contribution in [0.4, 0.5) is 5.69 Å². The van der Waals surface area contributed by atoms with Crippen molar-refractivity contribution in [2.75, 3.05) is 31.6 Å². The number of piperazine rings is 1. The second-order valence-electron chi connectivity index (χ2n) is 10.2. The van der Waals surface area contributed by atoms with Crippen LogP contribution in [0, 0.1) is 13.8 Å². The standard InChI is InChI=1S/C30H37N3O3S/c1-21-29(37-22(2)31-21)19-30(34)33-16-15-32(20-25(33)17-23-9-5-4-6-10-23)24-13-14-27(35-3)28(18-24)36-26-11-7-8-12-26/h4-6,9-10,13-14,18,25-26H,7-8,11-12,15-17,19-20H2,1-3H3/t25-/m0/s1. The van der Waals surface area contributed by atoms with Gasteiger partial charge in [0.25, 0.3) is 0 Å². The molecule has 1 aliphatic carbocycles. The number of benzene rings is 2. The summed E-state index contributed by atoms with van der Waals surface area (Å²) in [7, 11) is 1.70. The summed E-state index contributed by atoms with van der Waals surface area (Å²) in [6, 6.07) is 16.8. The van der Waals surface area contributed by atoms with E-state index in [1.807, 2.05) is 26.0 Å². The molecule has 5 rings (SSSR count). The molecule has 1 amide bonds. The van der Waals surface area contributed by atoms with Crippen molar-refractivity contribution in [3.63, 3.8) is 0 Å². The molecule has 6 nitrogen and oxygen atoms in total. The van der Waals surface area contributed by atoms with Gasteiger partial charge in [0.2, 0.25) is 5.91 Å². The maximum atomic E-state index is 13.6. The molecule has 0 radical (unpaired) electrons. The highest BCUT2D eigenvalue weighted by Crippen LogP contribution is 2.36. The lowest BCUT2D eigenvalue weighted by atomic mass is 10.0. The molecule has 2 heterocycles. The number of ether oxygens (including phenoxy) is 2. The van der Waals surface area contributed by atoms with E-state index >= 15 is 0 Å². The Labute approximate surface area is 224 Å². The third-order valence-corrected chi connectivity index (χ3v) is 8.61. The molecule has 1 saturated carbocycles. The van der Waals surface area contributed by atoms with E-state index in [0.717, 1.165) is 65.1 Å². The molecule has 1 aliphatic heterocycles. The Bertz CT molecular complexity index is 1210. The van der Waals surface area contributed by atoms with E-state index in [-0.39, 0.29) is 18.1 Å². The number of hydrogen-bond acceptors (Lipinski definition) is 6. The third-order valence-electron chi connectivity index (χ3n) is 7.54. The van der Waals surface area contributed by atoms with Crippen LogP contribution in [0.1, 0.15) is 46.8 Å². The molecule has 7 heteroatoms. The first-order valence-electron chi connectivity index (χ1n) is 13.4. The number of amides is 1. The van der Waals surface area contributed by atoms with Crippen molar-refractivity contribution in [1.29, 1.82) is 0 Å². The van der Waals surface area contributed by atoms with Crippen molar-refractivity contribution in [1.82, 2.24) is 9.88 Å². The first-order valence-corrected chi connectivity index (χ1v) is 14.2. The van der Waals surface area contributed by atoms with Gasteiger partial charge in [0.1, 0.15) is 0 Å². The Morgan fingerprint density at radius 1 is 1.05 bits per heavy atom. The monoisotopic (exact) mass is 519 g/mol. The Morgan fingerprint density at radius 2 is 1.84 bits per heavy atom. The van der Waals surface area contributed by atoms with Crippen LogP contribution >= 0.6 is 11.3 Å². The molecular formula is C30H37N3O3S. The van der Waals surface area contributed by atoms with Crippen LogP contribution in [0.2, 0.25) is 0 Å². The van der Waals surface area contributed by atoms with E-state index in [2.05, 4.69) is 51.2 Å². The fourth-order valence-electron chi connectivity index (χ4n) is 5.60. The van der Waals surface area contributed by atoms with Crippen LogP contribution in [0.3, 0.4) is 0 Å².